The monoisotopic (exact) mass is 500 g/mol. The lowest BCUT2D eigenvalue weighted by Gasteiger charge is -2.38. The number of fused-ring (bicyclic) bond motifs is 3. The second kappa shape index (κ2) is 8.65. The highest BCUT2D eigenvalue weighted by molar-refractivity contribution is 6.12. The van der Waals surface area contributed by atoms with Crippen LogP contribution in [0.5, 0.6) is 5.75 Å². The van der Waals surface area contributed by atoms with Crippen molar-refractivity contribution < 1.29 is 32.7 Å². The molecule has 2 aromatic carbocycles. The number of aromatic nitrogens is 2. The highest BCUT2D eigenvalue weighted by atomic mass is 19.4. The largest absolute Gasteiger partial charge is 0.508 e. The smallest absolute Gasteiger partial charge is 0.389 e. The van der Waals surface area contributed by atoms with E-state index < -0.39 is 42.7 Å². The molecule has 2 amide bonds. The SMILES string of the molecule is O=C(CCC(F)(F)F)CN1C(=O)C2(CCN(C(=O)c3ccc4[nH]ncc4c3)CC2)c2c(O)cccc21. The van der Waals surface area contributed by atoms with E-state index in [1.165, 1.54) is 17.0 Å². The van der Waals surface area contributed by atoms with Crippen LogP contribution in [0.2, 0.25) is 0 Å². The van der Waals surface area contributed by atoms with Crippen LogP contribution in [0.25, 0.3) is 10.9 Å². The number of Topliss-reactive ketones (excluding diaryl/α,β-unsaturated/α-hetero) is 1. The van der Waals surface area contributed by atoms with E-state index in [2.05, 4.69) is 10.2 Å². The van der Waals surface area contributed by atoms with Crippen LogP contribution >= 0.6 is 0 Å². The zero-order valence-corrected chi connectivity index (χ0v) is 19.1. The molecule has 2 aliphatic rings. The number of benzene rings is 2. The summed E-state index contributed by atoms with van der Waals surface area (Å²) in [4.78, 5) is 41.9. The number of aromatic amines is 1. The van der Waals surface area contributed by atoms with Gasteiger partial charge in [-0.05, 0) is 43.2 Å². The fourth-order valence-electron chi connectivity index (χ4n) is 5.23. The highest BCUT2D eigenvalue weighted by Gasteiger charge is 2.54. The van der Waals surface area contributed by atoms with Gasteiger partial charge in [-0.1, -0.05) is 6.07 Å². The molecular weight excluding hydrogens is 477 g/mol. The summed E-state index contributed by atoms with van der Waals surface area (Å²) < 4.78 is 37.7. The van der Waals surface area contributed by atoms with E-state index in [9.17, 15) is 32.7 Å². The average Bonchev–Trinajstić information content (AvgIpc) is 3.40. The van der Waals surface area contributed by atoms with Crippen molar-refractivity contribution in [3.8, 4) is 5.75 Å². The number of ketones is 1. The third-order valence-electron chi connectivity index (χ3n) is 7.06. The zero-order chi connectivity index (χ0) is 25.7. The average molecular weight is 500 g/mol. The van der Waals surface area contributed by atoms with Crippen LogP contribution in [0.3, 0.4) is 0 Å². The third kappa shape index (κ3) is 4.08. The van der Waals surface area contributed by atoms with Crippen molar-refractivity contribution in [2.75, 3.05) is 24.5 Å². The standard InChI is InChI=1S/C25H23F3N4O4/c26-25(27,28)7-6-17(33)14-32-19-2-1-3-20(34)21(19)24(23(32)36)8-10-31(11-9-24)22(35)15-4-5-18-16(12-15)13-29-30-18/h1-5,12-13,34H,6-11,14H2,(H,29,30). The summed E-state index contributed by atoms with van der Waals surface area (Å²) in [6.45, 7) is -0.0320. The van der Waals surface area contributed by atoms with Gasteiger partial charge in [0, 0.05) is 36.0 Å². The molecule has 0 atom stereocenters. The topological polar surface area (TPSA) is 107 Å². The quantitative estimate of drug-likeness (QED) is 0.556. The number of likely N-dealkylation sites (tertiary alicyclic amines) is 1. The van der Waals surface area contributed by atoms with Gasteiger partial charge in [-0.25, -0.2) is 0 Å². The van der Waals surface area contributed by atoms with Crippen LogP contribution < -0.4 is 4.90 Å². The molecular formula is C25H23F3N4O4. The number of nitrogens with one attached hydrogen (secondary N) is 1. The van der Waals surface area contributed by atoms with Crippen molar-refractivity contribution in [2.24, 2.45) is 0 Å². The van der Waals surface area contributed by atoms with Crippen molar-refractivity contribution >= 4 is 34.2 Å². The van der Waals surface area contributed by atoms with E-state index in [1.54, 1.807) is 35.4 Å². The Labute approximate surface area is 203 Å². The maximum absolute atomic E-state index is 13.6. The summed E-state index contributed by atoms with van der Waals surface area (Å²) in [5.41, 5.74) is 0.822. The molecule has 3 aromatic rings. The number of alkyl halides is 3. The minimum atomic E-state index is -4.47. The lowest BCUT2D eigenvalue weighted by molar-refractivity contribution is -0.142. The maximum atomic E-state index is 13.6. The molecule has 0 bridgehead atoms. The molecule has 2 aliphatic heterocycles. The number of carbonyl (C=O) groups is 3. The molecule has 0 aliphatic carbocycles. The van der Waals surface area contributed by atoms with E-state index in [1.807, 2.05) is 0 Å². The minimum absolute atomic E-state index is 0.115. The second-order valence-electron chi connectivity index (χ2n) is 9.26. The van der Waals surface area contributed by atoms with Crippen molar-refractivity contribution in [1.82, 2.24) is 15.1 Å². The van der Waals surface area contributed by atoms with Crippen molar-refractivity contribution in [1.29, 1.82) is 0 Å². The molecule has 0 radical (unpaired) electrons. The molecule has 1 fully saturated rings. The minimum Gasteiger partial charge on any atom is -0.508 e. The third-order valence-corrected chi connectivity index (χ3v) is 7.06. The van der Waals surface area contributed by atoms with Gasteiger partial charge in [0.25, 0.3) is 5.91 Å². The molecule has 11 heteroatoms. The van der Waals surface area contributed by atoms with Gasteiger partial charge >= 0.3 is 6.18 Å². The van der Waals surface area contributed by atoms with E-state index >= 15 is 0 Å². The van der Waals surface area contributed by atoms with Crippen LogP contribution in [0.4, 0.5) is 18.9 Å². The van der Waals surface area contributed by atoms with Crippen molar-refractivity contribution in [2.45, 2.75) is 37.3 Å². The first-order valence-corrected chi connectivity index (χ1v) is 11.5. The number of aromatic hydroxyl groups is 1. The summed E-state index contributed by atoms with van der Waals surface area (Å²) in [6, 6.07) is 9.75. The van der Waals surface area contributed by atoms with Gasteiger partial charge in [-0.15, -0.1) is 0 Å². The van der Waals surface area contributed by atoms with E-state index in [4.69, 9.17) is 0 Å². The summed E-state index contributed by atoms with van der Waals surface area (Å²) in [5.74, 6) is -1.47. The molecule has 1 saturated heterocycles. The molecule has 1 spiro atoms. The Hall–Kier alpha value is -3.89. The van der Waals surface area contributed by atoms with Gasteiger partial charge < -0.3 is 14.9 Å². The number of phenolic OH excluding ortho intramolecular Hbond substituents is 1. The number of H-pyrrole nitrogens is 1. The second-order valence-corrected chi connectivity index (χ2v) is 9.26. The number of hydrogen-bond acceptors (Lipinski definition) is 5. The van der Waals surface area contributed by atoms with Gasteiger partial charge in [0.15, 0.2) is 5.78 Å². The highest BCUT2D eigenvalue weighted by Crippen LogP contribution is 2.51. The molecule has 3 heterocycles. The van der Waals surface area contributed by atoms with Gasteiger partial charge in [0.05, 0.1) is 35.8 Å². The van der Waals surface area contributed by atoms with Crippen molar-refractivity contribution in [3.05, 3.63) is 53.7 Å². The first-order valence-electron chi connectivity index (χ1n) is 11.5. The predicted octanol–water partition coefficient (Wildman–Crippen LogP) is 3.70. The first kappa shape index (κ1) is 23.8. The van der Waals surface area contributed by atoms with Crippen LogP contribution in [-0.2, 0) is 15.0 Å². The first-order chi connectivity index (χ1) is 17.1. The summed E-state index contributed by atoms with van der Waals surface area (Å²) in [7, 11) is 0. The zero-order valence-electron chi connectivity index (χ0n) is 19.1. The molecule has 2 N–H and O–H groups in total. The number of phenols is 1. The molecule has 8 nitrogen and oxygen atoms in total. The molecule has 1 aromatic heterocycles. The number of anilines is 1. The van der Waals surface area contributed by atoms with Crippen LogP contribution in [0, 0.1) is 0 Å². The Balaban J connectivity index is 1.36. The molecule has 36 heavy (non-hydrogen) atoms. The van der Waals surface area contributed by atoms with Gasteiger partial charge in [0.1, 0.15) is 5.75 Å². The van der Waals surface area contributed by atoms with E-state index in [-0.39, 0.29) is 37.6 Å². The Bertz CT molecular complexity index is 1360. The number of carbonyl (C=O) groups excluding carboxylic acids is 3. The van der Waals surface area contributed by atoms with Crippen LogP contribution in [-0.4, -0.2) is 63.6 Å². The van der Waals surface area contributed by atoms with E-state index in [0.29, 0.717) is 16.8 Å². The van der Waals surface area contributed by atoms with Crippen LogP contribution in [0.1, 0.15) is 41.6 Å². The maximum Gasteiger partial charge on any atom is 0.389 e. The number of piperidine rings is 1. The Kier molecular flexibility index (Phi) is 5.73. The summed E-state index contributed by atoms with van der Waals surface area (Å²) in [6.07, 6.45) is -4.40. The predicted molar refractivity (Wildman–Crippen MR) is 124 cm³/mol. The number of nitrogens with zero attached hydrogens (tertiary/aromatic N) is 3. The van der Waals surface area contributed by atoms with Gasteiger partial charge in [-0.3, -0.25) is 19.5 Å². The lowest BCUT2D eigenvalue weighted by atomic mass is 9.73. The molecule has 5 rings (SSSR count). The van der Waals surface area contributed by atoms with Crippen LogP contribution in [0.15, 0.2) is 42.6 Å². The summed E-state index contributed by atoms with van der Waals surface area (Å²) >= 11 is 0. The van der Waals surface area contributed by atoms with Gasteiger partial charge in [0.2, 0.25) is 5.91 Å². The number of amides is 2. The molecule has 188 valence electrons. The number of halogens is 3. The fraction of sp³-hybridized carbons (Fsp3) is 0.360. The molecule has 0 unspecified atom stereocenters. The Morgan fingerprint density at radius 2 is 1.89 bits per heavy atom. The fourth-order valence-corrected chi connectivity index (χ4v) is 5.23. The van der Waals surface area contributed by atoms with E-state index in [0.717, 1.165) is 10.9 Å². The van der Waals surface area contributed by atoms with Crippen molar-refractivity contribution in [3.63, 3.8) is 0 Å². The van der Waals surface area contributed by atoms with Gasteiger partial charge in [-0.2, -0.15) is 18.3 Å². The number of hydrogen-bond donors (Lipinski definition) is 2. The number of rotatable bonds is 5. The Morgan fingerprint density at radius 1 is 1.14 bits per heavy atom. The normalized spacial score (nSPS) is 17.1. The summed E-state index contributed by atoms with van der Waals surface area (Å²) in [5, 5.41) is 18.2. The Morgan fingerprint density at radius 3 is 2.61 bits per heavy atom. The molecule has 0 saturated carbocycles. The lowest BCUT2D eigenvalue weighted by Crippen LogP contribution is -2.50.